The van der Waals surface area contributed by atoms with Gasteiger partial charge in [-0.05, 0) is 44.1 Å². The average Bonchev–Trinajstić information content (AvgIpc) is 2.42. The molecule has 2 rings (SSSR count). The fraction of sp³-hybridized carbons (Fsp3) is 0.600. The van der Waals surface area contributed by atoms with Crippen LogP contribution in [-0.2, 0) is 0 Å². The summed E-state index contributed by atoms with van der Waals surface area (Å²) < 4.78 is 18.8. The van der Waals surface area contributed by atoms with Crippen molar-refractivity contribution in [2.75, 3.05) is 27.2 Å². The lowest BCUT2D eigenvalue weighted by atomic mass is 9.85. The summed E-state index contributed by atoms with van der Waals surface area (Å²) in [5.41, 5.74) is 6.91. The first-order valence-electron chi connectivity index (χ1n) is 6.91. The first-order valence-corrected chi connectivity index (χ1v) is 6.91. The molecule has 0 radical (unpaired) electrons. The number of ether oxygens (including phenoxy) is 1. The Hall–Kier alpha value is -1.13. The van der Waals surface area contributed by atoms with Crippen LogP contribution in [-0.4, -0.2) is 38.2 Å². The summed E-state index contributed by atoms with van der Waals surface area (Å²) in [4.78, 5) is 2.35. The summed E-state index contributed by atoms with van der Waals surface area (Å²) in [6.45, 7) is 1.64. The molecule has 0 saturated carbocycles. The Kier molecular flexibility index (Phi) is 4.77. The van der Waals surface area contributed by atoms with Crippen molar-refractivity contribution >= 4 is 0 Å². The van der Waals surface area contributed by atoms with Crippen LogP contribution in [0.2, 0.25) is 0 Å². The summed E-state index contributed by atoms with van der Waals surface area (Å²) in [6.07, 6.45) is 3.59. The summed E-state index contributed by atoms with van der Waals surface area (Å²) in [6, 6.07) is 5.60. The number of nitrogens with two attached hydrogens (primary N) is 1. The van der Waals surface area contributed by atoms with Gasteiger partial charge in [0.25, 0.3) is 0 Å². The number of benzene rings is 1. The second kappa shape index (κ2) is 6.35. The van der Waals surface area contributed by atoms with Crippen molar-refractivity contribution in [2.24, 2.45) is 5.73 Å². The van der Waals surface area contributed by atoms with Gasteiger partial charge >= 0.3 is 0 Å². The Morgan fingerprint density at radius 3 is 2.84 bits per heavy atom. The molecule has 1 saturated heterocycles. The zero-order chi connectivity index (χ0) is 13.8. The first-order chi connectivity index (χ1) is 9.17. The van der Waals surface area contributed by atoms with Gasteiger partial charge in [0.15, 0.2) is 11.6 Å². The van der Waals surface area contributed by atoms with Crippen LogP contribution in [0.1, 0.15) is 30.7 Å². The van der Waals surface area contributed by atoms with Crippen LogP contribution in [0.15, 0.2) is 18.2 Å². The molecule has 106 valence electrons. The number of nitrogens with zero attached hydrogens (tertiary/aromatic N) is 1. The van der Waals surface area contributed by atoms with Gasteiger partial charge in [0.05, 0.1) is 7.11 Å². The molecule has 1 aromatic carbocycles. The predicted molar refractivity (Wildman–Crippen MR) is 75.0 cm³/mol. The molecule has 0 spiro atoms. The van der Waals surface area contributed by atoms with E-state index in [1.165, 1.54) is 20.0 Å². The molecule has 1 fully saturated rings. The van der Waals surface area contributed by atoms with Gasteiger partial charge < -0.3 is 15.4 Å². The predicted octanol–water partition coefficient (Wildman–Crippen LogP) is 2.36. The number of piperidine rings is 1. The highest BCUT2D eigenvalue weighted by Gasteiger charge is 2.28. The Morgan fingerprint density at radius 1 is 1.47 bits per heavy atom. The van der Waals surface area contributed by atoms with Crippen LogP contribution < -0.4 is 10.5 Å². The Bertz CT molecular complexity index is 425. The van der Waals surface area contributed by atoms with Gasteiger partial charge in [-0.15, -0.1) is 0 Å². The van der Waals surface area contributed by atoms with Gasteiger partial charge in [-0.1, -0.05) is 12.5 Å². The number of hydrogen-bond acceptors (Lipinski definition) is 3. The fourth-order valence-electron chi connectivity index (χ4n) is 3.04. The monoisotopic (exact) mass is 266 g/mol. The summed E-state index contributed by atoms with van der Waals surface area (Å²) in [7, 11) is 3.61. The highest BCUT2D eigenvalue weighted by Crippen LogP contribution is 2.31. The van der Waals surface area contributed by atoms with Crippen molar-refractivity contribution in [1.29, 1.82) is 0 Å². The molecular formula is C15H23FN2O. The van der Waals surface area contributed by atoms with E-state index in [0.717, 1.165) is 18.5 Å². The van der Waals surface area contributed by atoms with Crippen molar-refractivity contribution in [1.82, 2.24) is 4.90 Å². The molecule has 3 nitrogen and oxygen atoms in total. The van der Waals surface area contributed by atoms with Gasteiger partial charge in [0.2, 0.25) is 0 Å². The van der Waals surface area contributed by atoms with Crippen LogP contribution in [0.5, 0.6) is 5.75 Å². The maximum Gasteiger partial charge on any atom is 0.165 e. The van der Waals surface area contributed by atoms with Crippen molar-refractivity contribution in [3.63, 3.8) is 0 Å². The van der Waals surface area contributed by atoms with Crippen molar-refractivity contribution in [2.45, 2.75) is 31.2 Å². The summed E-state index contributed by atoms with van der Waals surface area (Å²) in [5, 5.41) is 0. The average molecular weight is 266 g/mol. The molecule has 2 unspecified atom stereocenters. The van der Waals surface area contributed by atoms with Gasteiger partial charge in [-0.3, -0.25) is 0 Å². The fourth-order valence-corrected chi connectivity index (χ4v) is 3.04. The Labute approximate surface area is 114 Å². The minimum atomic E-state index is -0.308. The molecule has 1 aliphatic heterocycles. The number of rotatable bonds is 4. The number of likely N-dealkylation sites (N-methyl/N-ethyl adjacent to an activating group) is 1. The maximum atomic E-state index is 13.8. The van der Waals surface area contributed by atoms with Crippen LogP contribution in [0.4, 0.5) is 4.39 Å². The maximum absolute atomic E-state index is 13.8. The van der Waals surface area contributed by atoms with Crippen molar-refractivity contribution < 1.29 is 9.13 Å². The second-order valence-electron chi connectivity index (χ2n) is 5.28. The molecule has 1 heterocycles. The molecule has 4 heteroatoms. The lowest BCUT2D eigenvalue weighted by Crippen LogP contribution is -2.42. The van der Waals surface area contributed by atoms with E-state index in [1.54, 1.807) is 12.1 Å². The molecule has 19 heavy (non-hydrogen) atoms. The molecular weight excluding hydrogens is 243 g/mol. The van der Waals surface area contributed by atoms with Crippen molar-refractivity contribution in [3.05, 3.63) is 29.6 Å². The molecule has 0 aromatic heterocycles. The minimum absolute atomic E-state index is 0.186. The molecule has 1 aliphatic rings. The van der Waals surface area contributed by atoms with Crippen LogP contribution in [0.3, 0.4) is 0 Å². The third-order valence-electron chi connectivity index (χ3n) is 4.15. The van der Waals surface area contributed by atoms with Crippen LogP contribution in [0.25, 0.3) is 0 Å². The largest absolute Gasteiger partial charge is 0.494 e. The molecule has 0 bridgehead atoms. The van der Waals surface area contributed by atoms with E-state index in [2.05, 4.69) is 11.9 Å². The molecule has 0 amide bonds. The van der Waals surface area contributed by atoms with E-state index < -0.39 is 0 Å². The third-order valence-corrected chi connectivity index (χ3v) is 4.15. The zero-order valence-electron chi connectivity index (χ0n) is 11.7. The minimum Gasteiger partial charge on any atom is -0.494 e. The quantitative estimate of drug-likeness (QED) is 0.909. The molecule has 1 aromatic rings. The summed E-state index contributed by atoms with van der Waals surface area (Å²) >= 11 is 0. The SMILES string of the molecule is COc1ccc(C(CN)C2CCCCN2C)cc1F. The standard InChI is InChI=1S/C15H23FN2O/c1-18-8-4-3-5-14(18)12(10-17)11-6-7-15(19-2)13(16)9-11/h6-7,9,12,14H,3-5,8,10,17H2,1-2H3. The number of halogens is 1. The van der Waals surface area contributed by atoms with Gasteiger partial charge in [-0.25, -0.2) is 4.39 Å². The Balaban J connectivity index is 2.23. The second-order valence-corrected chi connectivity index (χ2v) is 5.28. The topological polar surface area (TPSA) is 38.5 Å². The lowest BCUT2D eigenvalue weighted by Gasteiger charge is -2.38. The van der Waals surface area contributed by atoms with E-state index in [0.29, 0.717) is 12.6 Å². The molecule has 2 N–H and O–H groups in total. The number of likely N-dealkylation sites (tertiary alicyclic amines) is 1. The van der Waals surface area contributed by atoms with E-state index >= 15 is 0 Å². The van der Waals surface area contributed by atoms with E-state index in [9.17, 15) is 4.39 Å². The lowest BCUT2D eigenvalue weighted by molar-refractivity contribution is 0.160. The normalized spacial score (nSPS) is 22.2. The van der Waals surface area contributed by atoms with Crippen molar-refractivity contribution in [3.8, 4) is 5.75 Å². The summed E-state index contributed by atoms with van der Waals surface area (Å²) in [5.74, 6) is 0.166. The molecule has 2 atom stereocenters. The van der Waals surface area contributed by atoms with Gasteiger partial charge in [-0.2, -0.15) is 0 Å². The number of methoxy groups -OCH3 is 1. The van der Waals surface area contributed by atoms with E-state index in [-0.39, 0.29) is 17.5 Å². The molecule has 0 aliphatic carbocycles. The van der Waals surface area contributed by atoms with Crippen LogP contribution in [0, 0.1) is 5.82 Å². The smallest absolute Gasteiger partial charge is 0.165 e. The van der Waals surface area contributed by atoms with E-state index in [4.69, 9.17) is 10.5 Å². The van der Waals surface area contributed by atoms with E-state index in [1.807, 2.05) is 6.07 Å². The van der Waals surface area contributed by atoms with Gasteiger partial charge in [0.1, 0.15) is 0 Å². The number of hydrogen-bond donors (Lipinski definition) is 1. The van der Waals surface area contributed by atoms with Gasteiger partial charge in [0, 0.05) is 18.5 Å². The highest BCUT2D eigenvalue weighted by atomic mass is 19.1. The highest BCUT2D eigenvalue weighted by molar-refractivity contribution is 5.32. The Morgan fingerprint density at radius 2 is 2.26 bits per heavy atom. The third kappa shape index (κ3) is 3.07. The van der Waals surface area contributed by atoms with Crippen LogP contribution >= 0.6 is 0 Å². The zero-order valence-corrected chi connectivity index (χ0v) is 11.7. The first kappa shape index (κ1) is 14.3.